The van der Waals surface area contributed by atoms with Gasteiger partial charge in [0, 0.05) is 42.1 Å². The van der Waals surface area contributed by atoms with Gasteiger partial charge in [0.05, 0.1) is 6.54 Å². The number of hydrogen-bond donors (Lipinski definition) is 2. The van der Waals surface area contributed by atoms with Gasteiger partial charge in [0.25, 0.3) is 0 Å². The van der Waals surface area contributed by atoms with Crippen molar-refractivity contribution in [1.82, 2.24) is 20.2 Å². The van der Waals surface area contributed by atoms with Gasteiger partial charge in [0.15, 0.2) is 5.96 Å². The summed E-state index contributed by atoms with van der Waals surface area (Å²) in [6, 6.07) is 5.48. The SMILES string of the molecule is CCNC(=NCc1ccc(Cl)cc1Cl)NCCCCn1ccnc1C.I. The van der Waals surface area contributed by atoms with Gasteiger partial charge in [-0.15, -0.1) is 24.0 Å². The molecule has 0 bridgehead atoms. The van der Waals surface area contributed by atoms with Crippen molar-refractivity contribution in [1.29, 1.82) is 0 Å². The van der Waals surface area contributed by atoms with Gasteiger partial charge >= 0.3 is 0 Å². The molecule has 1 heterocycles. The zero-order chi connectivity index (χ0) is 18.1. The van der Waals surface area contributed by atoms with Crippen molar-refractivity contribution in [2.24, 2.45) is 4.99 Å². The van der Waals surface area contributed by atoms with Crippen molar-refractivity contribution in [3.63, 3.8) is 0 Å². The number of imidazole rings is 1. The van der Waals surface area contributed by atoms with E-state index in [0.29, 0.717) is 16.6 Å². The number of nitrogens with one attached hydrogen (secondary N) is 2. The summed E-state index contributed by atoms with van der Waals surface area (Å²) in [5.41, 5.74) is 0.957. The van der Waals surface area contributed by atoms with Crippen LogP contribution in [0, 0.1) is 6.92 Å². The van der Waals surface area contributed by atoms with E-state index in [1.54, 1.807) is 6.07 Å². The molecule has 0 spiro atoms. The van der Waals surface area contributed by atoms with E-state index in [-0.39, 0.29) is 24.0 Å². The number of hydrogen-bond acceptors (Lipinski definition) is 2. The number of rotatable bonds is 8. The number of halogens is 3. The van der Waals surface area contributed by atoms with Gasteiger partial charge in [-0.05, 0) is 44.4 Å². The van der Waals surface area contributed by atoms with Crippen LogP contribution in [0.4, 0.5) is 0 Å². The minimum absolute atomic E-state index is 0. The van der Waals surface area contributed by atoms with Crippen molar-refractivity contribution >= 4 is 53.1 Å². The number of aryl methyl sites for hydroxylation is 2. The van der Waals surface area contributed by atoms with Crippen molar-refractivity contribution in [2.45, 2.75) is 39.8 Å². The minimum Gasteiger partial charge on any atom is -0.357 e. The molecule has 8 heteroatoms. The molecule has 2 rings (SSSR count). The van der Waals surface area contributed by atoms with Crippen molar-refractivity contribution in [2.75, 3.05) is 13.1 Å². The average Bonchev–Trinajstić information content (AvgIpc) is 2.98. The molecule has 1 aromatic carbocycles. The lowest BCUT2D eigenvalue weighted by Gasteiger charge is -2.12. The summed E-state index contributed by atoms with van der Waals surface area (Å²) in [6.45, 7) is 7.26. The third-order valence-electron chi connectivity index (χ3n) is 3.81. The van der Waals surface area contributed by atoms with Gasteiger partial charge in [0.2, 0.25) is 0 Å². The summed E-state index contributed by atoms with van der Waals surface area (Å²) in [5, 5.41) is 7.89. The maximum Gasteiger partial charge on any atom is 0.191 e. The first-order valence-corrected chi connectivity index (χ1v) is 9.29. The summed E-state index contributed by atoms with van der Waals surface area (Å²) < 4.78 is 2.17. The normalized spacial score (nSPS) is 11.2. The van der Waals surface area contributed by atoms with Gasteiger partial charge in [-0.25, -0.2) is 9.98 Å². The molecule has 1 aromatic heterocycles. The summed E-state index contributed by atoms with van der Waals surface area (Å²) >= 11 is 12.1. The van der Waals surface area contributed by atoms with Crippen LogP contribution < -0.4 is 10.6 Å². The first-order chi connectivity index (χ1) is 12.1. The third-order valence-corrected chi connectivity index (χ3v) is 4.40. The molecule has 0 amide bonds. The smallest absolute Gasteiger partial charge is 0.191 e. The number of aromatic nitrogens is 2. The Morgan fingerprint density at radius 1 is 1.23 bits per heavy atom. The number of nitrogens with zero attached hydrogens (tertiary/aromatic N) is 3. The average molecular weight is 510 g/mol. The lowest BCUT2D eigenvalue weighted by molar-refractivity contribution is 0.588. The van der Waals surface area contributed by atoms with Crippen molar-refractivity contribution in [3.05, 3.63) is 52.0 Å². The van der Waals surface area contributed by atoms with Gasteiger partial charge in [-0.3, -0.25) is 0 Å². The van der Waals surface area contributed by atoms with Crippen LogP contribution in [-0.4, -0.2) is 28.6 Å². The van der Waals surface area contributed by atoms with Crippen LogP contribution in [0.25, 0.3) is 0 Å². The number of benzene rings is 1. The van der Waals surface area contributed by atoms with Gasteiger partial charge in [0.1, 0.15) is 5.82 Å². The molecule has 2 N–H and O–H groups in total. The first kappa shape index (κ1) is 23.0. The highest BCUT2D eigenvalue weighted by Crippen LogP contribution is 2.21. The molecule has 0 aliphatic carbocycles. The predicted octanol–water partition coefficient (Wildman–Crippen LogP) is 4.65. The molecular formula is C18H26Cl2IN5. The molecule has 0 radical (unpaired) electrons. The largest absolute Gasteiger partial charge is 0.357 e. The third kappa shape index (κ3) is 7.72. The Hall–Kier alpha value is -0.990. The minimum atomic E-state index is 0. The van der Waals surface area contributed by atoms with E-state index in [1.165, 1.54) is 0 Å². The maximum atomic E-state index is 6.20. The fraction of sp³-hybridized carbons (Fsp3) is 0.444. The van der Waals surface area contributed by atoms with Crippen LogP contribution >= 0.6 is 47.2 Å². The molecule has 0 saturated carbocycles. The van der Waals surface area contributed by atoms with E-state index in [1.807, 2.05) is 38.4 Å². The molecule has 5 nitrogen and oxygen atoms in total. The number of guanidine groups is 1. The Kier molecular flexibility index (Phi) is 11.0. The topological polar surface area (TPSA) is 54.2 Å². The summed E-state index contributed by atoms with van der Waals surface area (Å²) in [6.07, 6.45) is 6.01. The highest BCUT2D eigenvalue weighted by atomic mass is 127. The molecule has 144 valence electrons. The molecule has 0 fully saturated rings. The van der Waals surface area contributed by atoms with E-state index in [9.17, 15) is 0 Å². The standard InChI is InChI=1S/C18H25Cl2N5.HI/c1-3-21-18(24-13-15-6-7-16(19)12-17(15)20)23-8-4-5-10-25-11-9-22-14(25)2;/h6-7,9,11-12H,3-5,8,10,13H2,1-2H3,(H2,21,23,24);1H. The molecule has 0 aliphatic heterocycles. The van der Waals surface area contributed by atoms with Gasteiger partial charge in [-0.2, -0.15) is 0 Å². The van der Waals surface area contributed by atoms with Crippen LogP contribution in [0.5, 0.6) is 0 Å². The van der Waals surface area contributed by atoms with Crippen LogP contribution in [0.15, 0.2) is 35.6 Å². The van der Waals surface area contributed by atoms with E-state index >= 15 is 0 Å². The number of aliphatic imine (C=N–C) groups is 1. The Morgan fingerprint density at radius 2 is 2.04 bits per heavy atom. The molecule has 0 atom stereocenters. The molecular weight excluding hydrogens is 484 g/mol. The Balaban J connectivity index is 0.00000338. The molecule has 2 aromatic rings. The number of unbranched alkanes of at least 4 members (excludes halogenated alkanes) is 1. The molecule has 26 heavy (non-hydrogen) atoms. The Morgan fingerprint density at radius 3 is 2.69 bits per heavy atom. The van der Waals surface area contributed by atoms with E-state index in [2.05, 4.69) is 25.2 Å². The molecule has 0 unspecified atom stereocenters. The van der Waals surface area contributed by atoms with Gasteiger partial charge < -0.3 is 15.2 Å². The second kappa shape index (κ2) is 12.4. The predicted molar refractivity (Wildman–Crippen MR) is 121 cm³/mol. The first-order valence-electron chi connectivity index (χ1n) is 8.54. The monoisotopic (exact) mass is 509 g/mol. The fourth-order valence-electron chi connectivity index (χ4n) is 2.41. The second-order valence-corrected chi connectivity index (χ2v) is 6.58. The zero-order valence-corrected chi connectivity index (χ0v) is 19.0. The van der Waals surface area contributed by atoms with Crippen LogP contribution in [0.3, 0.4) is 0 Å². The summed E-state index contributed by atoms with van der Waals surface area (Å²) in [4.78, 5) is 8.82. The zero-order valence-electron chi connectivity index (χ0n) is 15.1. The highest BCUT2D eigenvalue weighted by molar-refractivity contribution is 14.0. The van der Waals surface area contributed by atoms with Gasteiger partial charge in [-0.1, -0.05) is 29.3 Å². The molecule has 0 saturated heterocycles. The quantitative estimate of drug-likeness (QED) is 0.235. The van der Waals surface area contributed by atoms with E-state index in [4.69, 9.17) is 23.2 Å². The fourth-order valence-corrected chi connectivity index (χ4v) is 2.88. The maximum absolute atomic E-state index is 6.20. The Bertz CT molecular complexity index is 703. The van der Waals surface area contributed by atoms with Crippen LogP contribution in [-0.2, 0) is 13.1 Å². The lowest BCUT2D eigenvalue weighted by atomic mass is 10.2. The van der Waals surface area contributed by atoms with Crippen molar-refractivity contribution < 1.29 is 0 Å². The van der Waals surface area contributed by atoms with E-state index in [0.717, 1.165) is 49.8 Å². The highest BCUT2D eigenvalue weighted by Gasteiger charge is 2.02. The van der Waals surface area contributed by atoms with Crippen LogP contribution in [0.1, 0.15) is 31.2 Å². The lowest BCUT2D eigenvalue weighted by Crippen LogP contribution is -2.37. The van der Waals surface area contributed by atoms with Crippen LogP contribution in [0.2, 0.25) is 10.0 Å². The summed E-state index contributed by atoms with van der Waals surface area (Å²) in [5.74, 6) is 1.86. The van der Waals surface area contributed by atoms with Crippen molar-refractivity contribution in [3.8, 4) is 0 Å². The van der Waals surface area contributed by atoms with E-state index < -0.39 is 0 Å². The Labute approximate surface area is 182 Å². The molecule has 0 aliphatic rings. The second-order valence-electron chi connectivity index (χ2n) is 5.73. The summed E-state index contributed by atoms with van der Waals surface area (Å²) in [7, 11) is 0.